The third kappa shape index (κ3) is 1.50. The highest BCUT2D eigenvalue weighted by Crippen LogP contribution is 2.70. The van der Waals surface area contributed by atoms with Crippen molar-refractivity contribution < 1.29 is 4.74 Å². The second-order valence-corrected chi connectivity index (χ2v) is 5.99. The van der Waals surface area contributed by atoms with Gasteiger partial charge in [-0.25, -0.2) is 0 Å². The Balaban J connectivity index is 1.80. The molecule has 17 heavy (non-hydrogen) atoms. The van der Waals surface area contributed by atoms with Gasteiger partial charge in [-0.1, -0.05) is 6.58 Å². The van der Waals surface area contributed by atoms with Crippen LogP contribution < -0.4 is 0 Å². The number of methoxy groups -OCH3 is 1. The molecule has 92 valence electrons. The average Bonchev–Trinajstić information content (AvgIpc) is 2.24. The molecule has 2 nitrogen and oxygen atoms in total. The fourth-order valence-electron chi connectivity index (χ4n) is 4.07. The van der Waals surface area contributed by atoms with Gasteiger partial charge in [0, 0.05) is 11.3 Å². The van der Waals surface area contributed by atoms with Crippen molar-refractivity contribution in [3.05, 3.63) is 23.6 Å². The lowest BCUT2D eigenvalue weighted by molar-refractivity contribution is -0.154. The minimum absolute atomic E-state index is 0.691. The van der Waals surface area contributed by atoms with Gasteiger partial charge < -0.3 is 4.74 Å². The van der Waals surface area contributed by atoms with E-state index in [0.717, 1.165) is 36.1 Å². The lowest BCUT2D eigenvalue weighted by atomic mass is 9.39. The number of nitrogens with zero attached hydrogens (tertiary/aromatic N) is 1. The molecule has 0 aromatic rings. The van der Waals surface area contributed by atoms with Gasteiger partial charge in [-0.05, 0) is 62.5 Å². The van der Waals surface area contributed by atoms with E-state index in [4.69, 9.17) is 4.74 Å². The third-order valence-electron chi connectivity index (χ3n) is 5.25. The Kier molecular flexibility index (Phi) is 2.42. The summed E-state index contributed by atoms with van der Waals surface area (Å²) in [6, 6.07) is 0. The van der Waals surface area contributed by atoms with Crippen molar-refractivity contribution in [3.63, 3.8) is 0 Å². The summed E-state index contributed by atoms with van der Waals surface area (Å²) >= 11 is 0. The molecule has 4 rings (SSSR count). The minimum atomic E-state index is 0.691. The van der Waals surface area contributed by atoms with Gasteiger partial charge in [0.1, 0.15) is 5.76 Å². The maximum absolute atomic E-state index is 5.31. The molecule has 3 saturated carbocycles. The monoisotopic (exact) mass is 231 g/mol. The highest BCUT2D eigenvalue weighted by Gasteiger charge is 2.60. The second kappa shape index (κ2) is 3.72. The summed E-state index contributed by atoms with van der Waals surface area (Å²) in [5.74, 6) is 2.69. The zero-order valence-corrected chi connectivity index (χ0v) is 10.7. The predicted molar refractivity (Wildman–Crippen MR) is 69.8 cm³/mol. The van der Waals surface area contributed by atoms with E-state index in [-0.39, 0.29) is 0 Å². The molecule has 0 N–H and O–H groups in total. The van der Waals surface area contributed by atoms with Crippen LogP contribution >= 0.6 is 0 Å². The summed E-state index contributed by atoms with van der Waals surface area (Å²) in [4.78, 5) is 4.16. The zero-order chi connectivity index (χ0) is 12.0. The lowest BCUT2D eigenvalue weighted by Gasteiger charge is -2.66. The first-order chi connectivity index (χ1) is 8.18. The predicted octanol–water partition coefficient (Wildman–Crippen LogP) is 3.70. The Morgan fingerprint density at radius 2 is 2.12 bits per heavy atom. The van der Waals surface area contributed by atoms with Crippen LogP contribution in [0.5, 0.6) is 0 Å². The number of allylic oxidation sites excluding steroid dienone is 2. The van der Waals surface area contributed by atoms with E-state index in [2.05, 4.69) is 18.3 Å². The SMILES string of the molecule is C=NC1=C(C(=C)OC)CC(C23CC(C2)C3)CC1. The van der Waals surface area contributed by atoms with E-state index >= 15 is 0 Å². The Morgan fingerprint density at radius 3 is 2.59 bits per heavy atom. The number of rotatable bonds is 4. The van der Waals surface area contributed by atoms with Crippen molar-refractivity contribution in [3.8, 4) is 0 Å². The molecule has 1 atom stereocenters. The van der Waals surface area contributed by atoms with Gasteiger partial charge in [-0.3, -0.25) is 4.99 Å². The summed E-state index contributed by atoms with van der Waals surface area (Å²) in [5.41, 5.74) is 3.03. The van der Waals surface area contributed by atoms with E-state index in [1.165, 1.54) is 31.3 Å². The molecule has 1 unspecified atom stereocenters. The molecule has 0 saturated heterocycles. The molecule has 2 bridgehead atoms. The fraction of sp³-hybridized carbons (Fsp3) is 0.667. The second-order valence-electron chi connectivity index (χ2n) is 5.99. The minimum Gasteiger partial charge on any atom is -0.497 e. The normalized spacial score (nSPS) is 39.1. The first-order valence-electron chi connectivity index (χ1n) is 6.60. The summed E-state index contributed by atoms with van der Waals surface area (Å²) < 4.78 is 5.31. The van der Waals surface area contributed by atoms with Gasteiger partial charge in [0.25, 0.3) is 0 Å². The maximum Gasteiger partial charge on any atom is 0.116 e. The number of hydrogen-bond donors (Lipinski definition) is 0. The molecule has 4 aliphatic rings. The molecule has 3 fully saturated rings. The molecular formula is C15H21NO. The van der Waals surface area contributed by atoms with Crippen LogP contribution in [0.4, 0.5) is 0 Å². The summed E-state index contributed by atoms with van der Waals surface area (Å²) in [7, 11) is 1.70. The molecule has 0 radical (unpaired) electrons. The van der Waals surface area contributed by atoms with Crippen molar-refractivity contribution in [2.75, 3.05) is 7.11 Å². The maximum atomic E-state index is 5.31. The Morgan fingerprint density at radius 1 is 1.41 bits per heavy atom. The van der Waals surface area contributed by atoms with Crippen molar-refractivity contribution in [1.29, 1.82) is 0 Å². The quantitative estimate of drug-likeness (QED) is 0.534. The van der Waals surface area contributed by atoms with Gasteiger partial charge >= 0.3 is 0 Å². The van der Waals surface area contributed by atoms with Gasteiger partial charge in [0.15, 0.2) is 0 Å². The van der Waals surface area contributed by atoms with Gasteiger partial charge in [0.2, 0.25) is 0 Å². The van der Waals surface area contributed by atoms with E-state index in [9.17, 15) is 0 Å². The molecule has 2 heteroatoms. The summed E-state index contributed by atoms with van der Waals surface area (Å²) in [6.07, 6.45) is 7.86. The Hall–Kier alpha value is -1.05. The van der Waals surface area contributed by atoms with Crippen LogP contribution in [0.3, 0.4) is 0 Å². The molecule has 0 aliphatic heterocycles. The largest absolute Gasteiger partial charge is 0.497 e. The summed E-state index contributed by atoms with van der Waals surface area (Å²) in [5, 5.41) is 0. The first kappa shape index (κ1) is 11.1. The molecule has 0 heterocycles. The van der Waals surface area contributed by atoms with Gasteiger partial charge in [-0.2, -0.15) is 0 Å². The standard InChI is InChI=1S/C15H21NO/c1-10(17-3)13-6-12(4-5-14(13)16-2)15-7-11(8-15)9-15/h11-12H,1-2,4-9H2,3H3. The summed E-state index contributed by atoms with van der Waals surface area (Å²) in [6.45, 7) is 7.68. The van der Waals surface area contributed by atoms with Crippen LogP contribution in [0.15, 0.2) is 28.6 Å². The fourth-order valence-corrected chi connectivity index (χ4v) is 4.07. The molecule has 4 aliphatic carbocycles. The van der Waals surface area contributed by atoms with Gasteiger partial charge in [-0.15, -0.1) is 0 Å². The molecule has 0 spiro atoms. The molecular weight excluding hydrogens is 210 g/mol. The van der Waals surface area contributed by atoms with Crippen LogP contribution in [0, 0.1) is 17.3 Å². The highest BCUT2D eigenvalue weighted by molar-refractivity contribution is 5.38. The third-order valence-corrected chi connectivity index (χ3v) is 5.25. The first-order valence-corrected chi connectivity index (χ1v) is 6.60. The van der Waals surface area contributed by atoms with E-state index in [0.29, 0.717) is 5.41 Å². The van der Waals surface area contributed by atoms with E-state index < -0.39 is 0 Å². The number of ether oxygens (including phenoxy) is 1. The average molecular weight is 231 g/mol. The lowest BCUT2D eigenvalue weighted by Crippen LogP contribution is -2.56. The van der Waals surface area contributed by atoms with Crippen molar-refractivity contribution in [1.82, 2.24) is 0 Å². The topological polar surface area (TPSA) is 21.6 Å². The van der Waals surface area contributed by atoms with E-state index in [1.807, 2.05) is 0 Å². The molecule has 0 aromatic heterocycles. The highest BCUT2D eigenvalue weighted by atomic mass is 16.5. The van der Waals surface area contributed by atoms with Gasteiger partial charge in [0.05, 0.1) is 7.11 Å². The Bertz CT molecular complexity index is 390. The number of hydrogen-bond acceptors (Lipinski definition) is 2. The van der Waals surface area contributed by atoms with Crippen molar-refractivity contribution >= 4 is 6.72 Å². The van der Waals surface area contributed by atoms with Crippen molar-refractivity contribution in [2.24, 2.45) is 22.2 Å². The van der Waals surface area contributed by atoms with Crippen LogP contribution in [0.2, 0.25) is 0 Å². The van der Waals surface area contributed by atoms with Crippen molar-refractivity contribution in [2.45, 2.75) is 38.5 Å². The van der Waals surface area contributed by atoms with Crippen LogP contribution in [0.1, 0.15) is 38.5 Å². The Labute approximate surface area is 103 Å². The van der Waals surface area contributed by atoms with Crippen LogP contribution in [0.25, 0.3) is 0 Å². The van der Waals surface area contributed by atoms with Crippen LogP contribution in [-0.4, -0.2) is 13.8 Å². The number of aliphatic imine (C=N–C) groups is 1. The molecule has 0 amide bonds. The van der Waals surface area contributed by atoms with Crippen LogP contribution in [-0.2, 0) is 4.74 Å². The smallest absolute Gasteiger partial charge is 0.116 e. The van der Waals surface area contributed by atoms with E-state index in [1.54, 1.807) is 7.11 Å². The zero-order valence-electron chi connectivity index (χ0n) is 10.7. The molecule has 0 aromatic carbocycles.